The molecule has 3 N–H and O–H groups in total. The zero-order valence-corrected chi connectivity index (χ0v) is 5.61. The molecule has 58 valence electrons. The van der Waals surface area contributed by atoms with Crippen LogP contribution in [0.1, 0.15) is 6.92 Å². The zero-order valence-electron chi connectivity index (χ0n) is 5.61. The van der Waals surface area contributed by atoms with Crippen molar-refractivity contribution in [3.05, 3.63) is 0 Å². The SMILES string of the molecule is CC(O)CNN=CC(=O)O. The number of aliphatic carboxylic acids is 1. The Morgan fingerprint density at radius 3 is 2.90 bits per heavy atom. The Morgan fingerprint density at radius 2 is 2.50 bits per heavy atom. The van der Waals surface area contributed by atoms with Crippen molar-refractivity contribution in [1.29, 1.82) is 0 Å². The Morgan fingerprint density at radius 1 is 1.90 bits per heavy atom. The highest BCUT2D eigenvalue weighted by molar-refractivity contribution is 6.21. The second kappa shape index (κ2) is 4.75. The predicted molar refractivity (Wildman–Crippen MR) is 35.8 cm³/mol. The first-order valence-corrected chi connectivity index (χ1v) is 2.80. The highest BCUT2D eigenvalue weighted by Crippen LogP contribution is 1.72. The van der Waals surface area contributed by atoms with Gasteiger partial charge < -0.3 is 15.6 Å². The van der Waals surface area contributed by atoms with Gasteiger partial charge in [0.05, 0.1) is 12.6 Å². The molecule has 0 aliphatic carbocycles. The molecule has 0 heterocycles. The Bertz CT molecular complexity index is 133. The molecule has 0 saturated heterocycles. The Hall–Kier alpha value is -1.10. The third-order valence-corrected chi connectivity index (χ3v) is 0.653. The summed E-state index contributed by atoms with van der Waals surface area (Å²) < 4.78 is 0. The molecule has 0 aliphatic rings. The van der Waals surface area contributed by atoms with Crippen LogP contribution in [0.3, 0.4) is 0 Å². The van der Waals surface area contributed by atoms with E-state index in [0.29, 0.717) is 0 Å². The van der Waals surface area contributed by atoms with E-state index < -0.39 is 12.1 Å². The van der Waals surface area contributed by atoms with Gasteiger partial charge in [0.15, 0.2) is 0 Å². The van der Waals surface area contributed by atoms with Gasteiger partial charge in [-0.15, -0.1) is 0 Å². The monoisotopic (exact) mass is 146 g/mol. The molecule has 0 radical (unpaired) electrons. The molecule has 0 aromatic heterocycles. The van der Waals surface area contributed by atoms with E-state index >= 15 is 0 Å². The minimum Gasteiger partial charge on any atom is -0.477 e. The van der Waals surface area contributed by atoms with Gasteiger partial charge in [0, 0.05) is 0 Å². The number of nitrogens with zero attached hydrogens (tertiary/aromatic N) is 1. The summed E-state index contributed by atoms with van der Waals surface area (Å²) in [6.07, 6.45) is 0.202. The van der Waals surface area contributed by atoms with Crippen LogP contribution in [0.25, 0.3) is 0 Å². The van der Waals surface area contributed by atoms with Crippen LogP contribution in [-0.4, -0.2) is 35.0 Å². The summed E-state index contributed by atoms with van der Waals surface area (Å²) in [5.74, 6) is -1.11. The molecule has 1 unspecified atom stereocenters. The van der Waals surface area contributed by atoms with Crippen LogP contribution >= 0.6 is 0 Å². The van der Waals surface area contributed by atoms with E-state index in [1.165, 1.54) is 0 Å². The second-order valence-electron chi connectivity index (χ2n) is 1.81. The number of nitrogens with one attached hydrogen (secondary N) is 1. The maximum absolute atomic E-state index is 9.79. The van der Waals surface area contributed by atoms with Crippen LogP contribution in [0, 0.1) is 0 Å². The van der Waals surface area contributed by atoms with Gasteiger partial charge in [-0.1, -0.05) is 0 Å². The molecule has 0 fully saturated rings. The molecule has 0 aromatic carbocycles. The van der Waals surface area contributed by atoms with Gasteiger partial charge in [-0.25, -0.2) is 4.79 Å². The van der Waals surface area contributed by atoms with Gasteiger partial charge >= 0.3 is 5.97 Å². The summed E-state index contributed by atoms with van der Waals surface area (Å²) >= 11 is 0. The van der Waals surface area contributed by atoms with Crippen LogP contribution in [0.4, 0.5) is 0 Å². The number of hydrogen-bond donors (Lipinski definition) is 3. The van der Waals surface area contributed by atoms with Crippen molar-refractivity contribution in [2.75, 3.05) is 6.54 Å². The maximum atomic E-state index is 9.79. The minimum absolute atomic E-state index is 0.254. The first-order chi connectivity index (χ1) is 4.63. The van der Waals surface area contributed by atoms with E-state index in [1.807, 2.05) is 0 Å². The topological polar surface area (TPSA) is 81.9 Å². The first-order valence-electron chi connectivity index (χ1n) is 2.80. The van der Waals surface area contributed by atoms with E-state index in [2.05, 4.69) is 10.5 Å². The minimum atomic E-state index is -1.11. The summed E-state index contributed by atoms with van der Waals surface area (Å²) in [6, 6.07) is 0. The Balaban J connectivity index is 3.27. The predicted octanol–water partition coefficient (Wildman–Crippen LogP) is -0.973. The lowest BCUT2D eigenvalue weighted by Crippen LogP contribution is -2.20. The molecule has 0 amide bonds. The number of carboxylic acids is 1. The maximum Gasteiger partial charge on any atom is 0.348 e. The number of aliphatic hydroxyl groups excluding tert-OH is 1. The van der Waals surface area contributed by atoms with Crippen molar-refractivity contribution in [1.82, 2.24) is 5.43 Å². The van der Waals surface area contributed by atoms with Crippen LogP contribution in [0.2, 0.25) is 0 Å². The quantitative estimate of drug-likeness (QED) is 0.352. The summed E-state index contributed by atoms with van der Waals surface area (Å²) in [4.78, 5) is 9.79. The Kier molecular flexibility index (Phi) is 4.23. The number of hydrogen-bond acceptors (Lipinski definition) is 4. The third-order valence-electron chi connectivity index (χ3n) is 0.653. The molecule has 0 saturated carbocycles. The van der Waals surface area contributed by atoms with Crippen LogP contribution in [0.15, 0.2) is 5.10 Å². The number of carboxylic acid groups (broad SMARTS) is 1. The van der Waals surface area contributed by atoms with Crippen molar-refractivity contribution in [3.63, 3.8) is 0 Å². The lowest BCUT2D eigenvalue weighted by atomic mass is 10.4. The summed E-state index contributed by atoms with van der Waals surface area (Å²) in [6.45, 7) is 1.83. The fourth-order valence-electron chi connectivity index (χ4n) is 0.286. The van der Waals surface area contributed by atoms with Gasteiger partial charge in [-0.2, -0.15) is 5.10 Å². The first kappa shape index (κ1) is 8.90. The number of rotatable bonds is 4. The number of aliphatic hydroxyl groups is 1. The summed E-state index contributed by atoms with van der Waals surface area (Å²) in [5, 5.41) is 19.9. The molecule has 5 nitrogen and oxygen atoms in total. The largest absolute Gasteiger partial charge is 0.477 e. The molecule has 5 heteroatoms. The van der Waals surface area contributed by atoms with Crippen LogP contribution in [-0.2, 0) is 4.79 Å². The molecule has 1 atom stereocenters. The van der Waals surface area contributed by atoms with Crippen molar-refractivity contribution in [2.24, 2.45) is 5.10 Å². The van der Waals surface area contributed by atoms with Gasteiger partial charge in [-0.05, 0) is 6.92 Å². The molecule has 0 aromatic rings. The van der Waals surface area contributed by atoms with Gasteiger partial charge in [-0.3, -0.25) is 0 Å². The average molecular weight is 146 g/mol. The average Bonchev–Trinajstić information content (AvgIpc) is 1.79. The van der Waals surface area contributed by atoms with E-state index in [0.717, 1.165) is 6.21 Å². The molecular formula is C5H10N2O3. The van der Waals surface area contributed by atoms with Crippen molar-refractivity contribution >= 4 is 12.2 Å². The fraction of sp³-hybridized carbons (Fsp3) is 0.600. The summed E-state index contributed by atoms with van der Waals surface area (Å²) in [7, 11) is 0. The lowest BCUT2D eigenvalue weighted by Gasteiger charge is -2.00. The van der Waals surface area contributed by atoms with Gasteiger partial charge in [0.1, 0.15) is 6.21 Å². The van der Waals surface area contributed by atoms with E-state index in [9.17, 15) is 4.79 Å². The van der Waals surface area contributed by atoms with E-state index in [1.54, 1.807) is 6.92 Å². The molecule has 10 heavy (non-hydrogen) atoms. The number of hydrazone groups is 1. The highest BCUT2D eigenvalue weighted by atomic mass is 16.4. The van der Waals surface area contributed by atoms with E-state index in [-0.39, 0.29) is 6.54 Å². The Labute approximate surface area is 58.4 Å². The highest BCUT2D eigenvalue weighted by Gasteiger charge is 1.90. The van der Waals surface area contributed by atoms with Crippen molar-refractivity contribution < 1.29 is 15.0 Å². The van der Waals surface area contributed by atoms with Crippen molar-refractivity contribution in [2.45, 2.75) is 13.0 Å². The van der Waals surface area contributed by atoms with Crippen LogP contribution < -0.4 is 5.43 Å². The van der Waals surface area contributed by atoms with E-state index in [4.69, 9.17) is 10.2 Å². The summed E-state index contributed by atoms with van der Waals surface area (Å²) in [5.41, 5.74) is 2.35. The molecule has 0 aliphatic heterocycles. The molecule has 0 rings (SSSR count). The normalized spacial score (nSPS) is 13.4. The second-order valence-corrected chi connectivity index (χ2v) is 1.81. The standard InChI is InChI=1S/C5H10N2O3/c1-4(8)2-6-7-3-5(9)10/h3-4,6,8H,2H2,1H3,(H,9,10). The zero-order chi connectivity index (χ0) is 7.98. The lowest BCUT2D eigenvalue weighted by molar-refractivity contribution is -0.128. The van der Waals surface area contributed by atoms with Crippen molar-refractivity contribution in [3.8, 4) is 0 Å². The van der Waals surface area contributed by atoms with Crippen LogP contribution in [0.5, 0.6) is 0 Å². The fourth-order valence-corrected chi connectivity index (χ4v) is 0.286. The third kappa shape index (κ3) is 6.90. The van der Waals surface area contributed by atoms with Gasteiger partial charge in [0.2, 0.25) is 0 Å². The molecular weight excluding hydrogens is 136 g/mol. The van der Waals surface area contributed by atoms with Gasteiger partial charge in [0.25, 0.3) is 0 Å². The molecule has 0 bridgehead atoms. The smallest absolute Gasteiger partial charge is 0.348 e. The molecule has 0 spiro atoms. The number of carbonyl (C=O) groups is 1.